The first-order valence-corrected chi connectivity index (χ1v) is 11.3. The number of nitrogens with one attached hydrogen (secondary N) is 1. The molecule has 2 aliphatic carbocycles. The first kappa shape index (κ1) is 22.1. The summed E-state index contributed by atoms with van der Waals surface area (Å²) < 4.78 is 29.0. The average molecular weight is 462 g/mol. The molecule has 0 spiro atoms. The van der Waals surface area contributed by atoms with Crippen LogP contribution in [0.4, 0.5) is 8.78 Å². The van der Waals surface area contributed by atoms with E-state index in [0.29, 0.717) is 11.5 Å². The number of rotatable bonds is 6. The first-order valence-electron chi connectivity index (χ1n) is 11.3. The van der Waals surface area contributed by atoms with E-state index in [-0.39, 0.29) is 29.4 Å². The van der Waals surface area contributed by atoms with Crippen LogP contribution in [0.2, 0.25) is 0 Å². The van der Waals surface area contributed by atoms with Crippen molar-refractivity contribution >= 4 is 11.7 Å². The summed E-state index contributed by atoms with van der Waals surface area (Å²) in [5, 5.41) is 6.10. The summed E-state index contributed by atoms with van der Waals surface area (Å²) in [6, 6.07) is 14.5. The molecule has 174 valence electrons. The Labute approximate surface area is 196 Å². The maximum absolute atomic E-state index is 14.5. The lowest BCUT2D eigenvalue weighted by Gasteiger charge is -2.21. The number of amides is 1. The Balaban J connectivity index is 1.30. The lowest BCUT2D eigenvalue weighted by atomic mass is 9.84. The van der Waals surface area contributed by atoms with Crippen molar-refractivity contribution in [2.24, 2.45) is 10.9 Å². The first-order chi connectivity index (χ1) is 16.4. The molecule has 3 aromatic rings. The van der Waals surface area contributed by atoms with E-state index in [1.807, 2.05) is 12.1 Å². The number of hydrogen-bond acceptors (Lipinski definition) is 3. The number of hydrogen-bond donors (Lipinski definition) is 2. The van der Waals surface area contributed by atoms with Gasteiger partial charge in [-0.1, -0.05) is 29.4 Å². The molecule has 3 aromatic carbocycles. The number of halogens is 2. The largest absolute Gasteiger partial charge is 0.397 e. The minimum absolute atomic E-state index is 0.0618. The van der Waals surface area contributed by atoms with Gasteiger partial charge < -0.3 is 15.9 Å². The standard InChI is InChI=1S/C27H25F2N3O2/c1-34-32-26(30)22-12-24(28)23(25(29)13-22)14-31-27(33)19-7-6-18-8-17-5-4-16(15-2-3-15)9-20(17)11-21(18)10-19/h4-7,9-10,12-13,15H,2-3,8,11,14H2,1H3,(H2,30,32)(H,31,33). The molecule has 0 atom stereocenters. The number of carbonyl (C=O) groups is 1. The molecular formula is C27H25F2N3O2. The molecule has 0 heterocycles. The fourth-order valence-electron chi connectivity index (χ4n) is 4.51. The van der Waals surface area contributed by atoms with Crippen molar-refractivity contribution in [3.63, 3.8) is 0 Å². The number of oxime groups is 1. The lowest BCUT2D eigenvalue weighted by Crippen LogP contribution is -2.25. The number of nitrogens with zero attached hydrogens (tertiary/aromatic N) is 1. The van der Waals surface area contributed by atoms with Crippen molar-refractivity contribution < 1.29 is 18.4 Å². The van der Waals surface area contributed by atoms with Crippen LogP contribution in [0.25, 0.3) is 0 Å². The van der Waals surface area contributed by atoms with Gasteiger partial charge in [-0.15, -0.1) is 0 Å². The highest BCUT2D eigenvalue weighted by atomic mass is 19.1. The van der Waals surface area contributed by atoms with Crippen LogP contribution in [-0.4, -0.2) is 18.9 Å². The number of benzene rings is 3. The number of fused-ring (bicyclic) bond motifs is 2. The molecule has 5 nitrogen and oxygen atoms in total. The van der Waals surface area contributed by atoms with Gasteiger partial charge in [-0.2, -0.15) is 0 Å². The molecule has 0 aromatic heterocycles. The molecule has 1 saturated carbocycles. The number of amidine groups is 1. The van der Waals surface area contributed by atoms with Crippen molar-refractivity contribution in [2.45, 2.75) is 38.1 Å². The van der Waals surface area contributed by atoms with Crippen molar-refractivity contribution in [2.75, 3.05) is 7.11 Å². The summed E-state index contributed by atoms with van der Waals surface area (Å²) in [4.78, 5) is 17.3. The zero-order valence-electron chi connectivity index (χ0n) is 18.8. The van der Waals surface area contributed by atoms with Crippen LogP contribution in [0, 0.1) is 11.6 Å². The van der Waals surface area contributed by atoms with Gasteiger partial charge in [0.05, 0.1) is 0 Å². The van der Waals surface area contributed by atoms with Gasteiger partial charge >= 0.3 is 0 Å². The molecule has 0 bridgehead atoms. The van der Waals surface area contributed by atoms with Gasteiger partial charge in [-0.05, 0) is 83.7 Å². The van der Waals surface area contributed by atoms with Crippen LogP contribution in [0.3, 0.4) is 0 Å². The predicted octanol–water partition coefficient (Wildman–Crippen LogP) is 4.53. The van der Waals surface area contributed by atoms with Gasteiger partial charge in [0.25, 0.3) is 5.91 Å². The van der Waals surface area contributed by atoms with E-state index in [2.05, 4.69) is 33.5 Å². The topological polar surface area (TPSA) is 76.7 Å². The third-order valence-corrected chi connectivity index (χ3v) is 6.56. The lowest BCUT2D eigenvalue weighted by molar-refractivity contribution is 0.0950. The van der Waals surface area contributed by atoms with Gasteiger partial charge in [-0.3, -0.25) is 4.79 Å². The highest BCUT2D eigenvalue weighted by Crippen LogP contribution is 2.41. The van der Waals surface area contributed by atoms with E-state index in [1.165, 1.54) is 42.2 Å². The Morgan fingerprint density at radius 1 is 0.971 bits per heavy atom. The smallest absolute Gasteiger partial charge is 0.251 e. The molecule has 0 aliphatic heterocycles. The maximum Gasteiger partial charge on any atom is 0.251 e. The summed E-state index contributed by atoms with van der Waals surface area (Å²) in [7, 11) is 1.29. The Bertz CT molecular complexity index is 1290. The minimum atomic E-state index is -0.821. The van der Waals surface area contributed by atoms with Crippen LogP contribution in [0.1, 0.15) is 68.1 Å². The molecule has 2 aliphatic rings. The number of nitrogens with two attached hydrogens (primary N) is 1. The SMILES string of the molecule is CO/N=C(\N)c1cc(F)c(CNC(=O)c2ccc3c(c2)Cc2cc(C4CC4)ccc2C3)c(F)c1. The average Bonchev–Trinajstić information content (AvgIpc) is 3.67. The highest BCUT2D eigenvalue weighted by Gasteiger charge is 2.25. The van der Waals surface area contributed by atoms with E-state index in [9.17, 15) is 13.6 Å². The maximum atomic E-state index is 14.5. The summed E-state index contributed by atoms with van der Waals surface area (Å²) >= 11 is 0. The molecule has 5 rings (SSSR count). The van der Waals surface area contributed by atoms with Crippen molar-refractivity contribution in [3.05, 3.63) is 105 Å². The van der Waals surface area contributed by atoms with Gasteiger partial charge in [0.1, 0.15) is 18.7 Å². The van der Waals surface area contributed by atoms with Gasteiger partial charge in [0.2, 0.25) is 0 Å². The monoisotopic (exact) mass is 461 g/mol. The Kier molecular flexibility index (Phi) is 5.77. The van der Waals surface area contributed by atoms with Crippen LogP contribution in [-0.2, 0) is 24.2 Å². The molecule has 34 heavy (non-hydrogen) atoms. The van der Waals surface area contributed by atoms with E-state index in [4.69, 9.17) is 5.73 Å². The second-order valence-corrected chi connectivity index (χ2v) is 8.90. The van der Waals surface area contributed by atoms with E-state index < -0.39 is 11.6 Å². The summed E-state index contributed by atoms with van der Waals surface area (Å²) in [5.74, 6) is -1.47. The molecule has 1 fully saturated rings. The zero-order chi connectivity index (χ0) is 23.8. The molecule has 0 unspecified atom stereocenters. The van der Waals surface area contributed by atoms with Crippen LogP contribution < -0.4 is 11.1 Å². The third-order valence-electron chi connectivity index (χ3n) is 6.56. The predicted molar refractivity (Wildman–Crippen MR) is 126 cm³/mol. The summed E-state index contributed by atoms with van der Waals surface area (Å²) in [6.45, 7) is -0.289. The van der Waals surface area contributed by atoms with Gasteiger partial charge in [0.15, 0.2) is 5.84 Å². The normalized spacial score (nSPS) is 14.9. The minimum Gasteiger partial charge on any atom is -0.397 e. The Hall–Kier alpha value is -3.74. The second-order valence-electron chi connectivity index (χ2n) is 8.90. The highest BCUT2D eigenvalue weighted by molar-refractivity contribution is 5.97. The van der Waals surface area contributed by atoms with Gasteiger partial charge in [-0.25, -0.2) is 8.78 Å². The van der Waals surface area contributed by atoms with E-state index in [1.54, 1.807) is 6.07 Å². The third kappa shape index (κ3) is 4.38. The fourth-order valence-corrected chi connectivity index (χ4v) is 4.51. The van der Waals surface area contributed by atoms with E-state index in [0.717, 1.165) is 30.5 Å². The molecule has 3 N–H and O–H groups in total. The summed E-state index contributed by atoms with van der Waals surface area (Å²) in [6.07, 6.45) is 4.15. The Morgan fingerprint density at radius 3 is 2.29 bits per heavy atom. The Morgan fingerprint density at radius 2 is 1.62 bits per heavy atom. The molecular weight excluding hydrogens is 436 g/mol. The quantitative estimate of drug-likeness (QED) is 0.252. The molecule has 0 radical (unpaired) electrons. The van der Waals surface area contributed by atoms with Crippen molar-refractivity contribution in [1.82, 2.24) is 5.32 Å². The molecule has 7 heteroatoms. The molecule has 1 amide bonds. The zero-order valence-corrected chi connectivity index (χ0v) is 18.8. The molecule has 0 saturated heterocycles. The summed E-state index contributed by atoms with van der Waals surface area (Å²) in [5.41, 5.74) is 12.3. The van der Waals surface area contributed by atoms with Crippen molar-refractivity contribution in [3.8, 4) is 0 Å². The number of carbonyl (C=O) groups excluding carboxylic acids is 1. The van der Waals surface area contributed by atoms with Gasteiger partial charge in [0, 0.05) is 23.2 Å². The van der Waals surface area contributed by atoms with Crippen LogP contribution in [0.5, 0.6) is 0 Å². The van der Waals surface area contributed by atoms with E-state index >= 15 is 0 Å². The van der Waals surface area contributed by atoms with Crippen LogP contribution >= 0.6 is 0 Å². The fraction of sp³-hybridized carbons (Fsp3) is 0.259. The second kappa shape index (κ2) is 8.89. The van der Waals surface area contributed by atoms with Crippen molar-refractivity contribution in [1.29, 1.82) is 0 Å². The van der Waals surface area contributed by atoms with Crippen LogP contribution in [0.15, 0.2) is 53.7 Å².